The average Bonchev–Trinajstić information content (AvgIpc) is 3.41. The highest BCUT2D eigenvalue weighted by Gasteiger charge is 2.77. The van der Waals surface area contributed by atoms with E-state index in [0.29, 0.717) is 30.1 Å². The number of carbonyl (C=O) groups excluding carboxylic acids is 3. The Morgan fingerprint density at radius 2 is 2.06 bits per heavy atom. The number of alkyl halides is 1. The molecule has 3 aliphatic heterocycles. The Balaban J connectivity index is 1.78. The lowest BCUT2D eigenvalue weighted by molar-refractivity contribution is -0.144. The van der Waals surface area contributed by atoms with E-state index in [1.54, 1.807) is 12.1 Å². The highest BCUT2D eigenvalue weighted by Crippen LogP contribution is 2.60. The molecule has 3 fully saturated rings. The Morgan fingerprint density at radius 3 is 2.67 bits per heavy atom. The number of nitrogens with one attached hydrogen (secondary N) is 2. The van der Waals surface area contributed by atoms with Gasteiger partial charge in [0.05, 0.1) is 41.3 Å². The van der Waals surface area contributed by atoms with E-state index in [9.17, 15) is 19.5 Å². The minimum absolute atomic E-state index is 0.173. The topological polar surface area (TPSA) is 108 Å². The lowest BCUT2D eigenvalue weighted by atomic mass is 9.70. The van der Waals surface area contributed by atoms with Gasteiger partial charge in [-0.05, 0) is 43.7 Å². The van der Waals surface area contributed by atoms with Gasteiger partial charge in [0.25, 0.3) is 0 Å². The molecule has 1 aromatic carbocycles. The molecular weight excluding hydrogens is 550 g/mol. The minimum atomic E-state index is -1.19. The van der Waals surface area contributed by atoms with Gasteiger partial charge >= 0.3 is 0 Å². The van der Waals surface area contributed by atoms with Crippen molar-refractivity contribution >= 4 is 50.9 Å². The third-order valence-corrected chi connectivity index (χ3v) is 8.80. The number of carbonyl (C=O) groups is 3. The van der Waals surface area contributed by atoms with E-state index in [4.69, 9.17) is 16.3 Å². The van der Waals surface area contributed by atoms with E-state index >= 15 is 0 Å². The molecule has 36 heavy (non-hydrogen) atoms. The molecule has 198 valence electrons. The van der Waals surface area contributed by atoms with Gasteiger partial charge in [0, 0.05) is 11.4 Å². The molecule has 0 aromatic heterocycles. The molecule has 10 heteroatoms. The van der Waals surface area contributed by atoms with Gasteiger partial charge in [-0.25, -0.2) is 0 Å². The number of nitrogens with zero attached hydrogens (tertiary/aromatic N) is 1. The maximum atomic E-state index is 14.1. The van der Waals surface area contributed by atoms with Crippen molar-refractivity contribution in [2.45, 2.75) is 75.6 Å². The van der Waals surface area contributed by atoms with E-state index in [1.165, 1.54) is 4.90 Å². The molecule has 7 atom stereocenters. The largest absolute Gasteiger partial charge is 0.394 e. The molecule has 3 amide bonds. The maximum absolute atomic E-state index is 14.1. The summed E-state index contributed by atoms with van der Waals surface area (Å²) in [6, 6.07) is 3.73. The number of amides is 3. The number of ether oxygens (including phenoxy) is 1. The molecule has 3 heterocycles. The van der Waals surface area contributed by atoms with Crippen molar-refractivity contribution in [2.75, 3.05) is 18.5 Å². The first kappa shape index (κ1) is 27.4. The van der Waals surface area contributed by atoms with Crippen LogP contribution in [-0.4, -0.2) is 69.5 Å². The van der Waals surface area contributed by atoms with Crippen LogP contribution >= 0.6 is 27.5 Å². The second-order valence-corrected chi connectivity index (χ2v) is 12.2. The number of anilines is 1. The summed E-state index contributed by atoms with van der Waals surface area (Å²) < 4.78 is 6.50. The van der Waals surface area contributed by atoms with E-state index < -0.39 is 41.5 Å². The third kappa shape index (κ3) is 4.46. The molecule has 4 rings (SSSR count). The predicted molar refractivity (Wildman–Crippen MR) is 141 cm³/mol. The van der Waals surface area contributed by atoms with Crippen molar-refractivity contribution < 1.29 is 24.2 Å². The number of aryl methyl sites for hydroxylation is 1. The maximum Gasteiger partial charge on any atom is 0.250 e. The lowest BCUT2D eigenvalue weighted by Gasteiger charge is -2.37. The van der Waals surface area contributed by atoms with E-state index in [-0.39, 0.29) is 29.2 Å². The monoisotopic (exact) mass is 583 g/mol. The summed E-state index contributed by atoms with van der Waals surface area (Å²) in [6.45, 7) is 8.01. The summed E-state index contributed by atoms with van der Waals surface area (Å²) in [5.74, 6) is -2.34. The summed E-state index contributed by atoms with van der Waals surface area (Å²) in [4.78, 5) is 42.7. The van der Waals surface area contributed by atoms with E-state index in [0.717, 1.165) is 12.0 Å². The number of benzene rings is 1. The molecule has 0 aliphatic carbocycles. The zero-order valence-corrected chi connectivity index (χ0v) is 23.4. The normalized spacial score (nSPS) is 31.6. The number of hydrogen-bond acceptors (Lipinski definition) is 5. The van der Waals surface area contributed by atoms with Crippen molar-refractivity contribution in [2.24, 2.45) is 17.8 Å². The molecule has 2 bridgehead atoms. The zero-order valence-electron chi connectivity index (χ0n) is 21.1. The number of rotatable bonds is 9. The molecule has 3 N–H and O–H groups in total. The fraction of sp³-hybridized carbons (Fsp3) is 0.654. The smallest absolute Gasteiger partial charge is 0.250 e. The van der Waals surface area contributed by atoms with E-state index in [2.05, 4.69) is 26.6 Å². The number of aliphatic hydroxyl groups is 1. The second kappa shape index (κ2) is 10.6. The van der Waals surface area contributed by atoms with E-state index in [1.807, 2.05) is 33.8 Å². The number of para-hydroxylation sites is 1. The molecule has 0 saturated carbocycles. The van der Waals surface area contributed by atoms with Gasteiger partial charge < -0.3 is 25.4 Å². The van der Waals surface area contributed by atoms with Crippen molar-refractivity contribution in [1.29, 1.82) is 0 Å². The summed E-state index contributed by atoms with van der Waals surface area (Å²) >= 11 is 10.1. The minimum Gasteiger partial charge on any atom is -0.394 e. The van der Waals surface area contributed by atoms with Crippen molar-refractivity contribution in [3.05, 3.63) is 28.8 Å². The highest BCUT2D eigenvalue weighted by atomic mass is 79.9. The van der Waals surface area contributed by atoms with Gasteiger partial charge in [-0.3, -0.25) is 14.4 Å². The molecule has 1 aromatic rings. The van der Waals surface area contributed by atoms with Crippen LogP contribution in [0.2, 0.25) is 5.02 Å². The summed E-state index contributed by atoms with van der Waals surface area (Å²) in [6.07, 6.45) is 1.16. The quantitative estimate of drug-likeness (QED) is 0.386. The highest BCUT2D eigenvalue weighted by molar-refractivity contribution is 9.09. The second-order valence-electron chi connectivity index (χ2n) is 10.6. The Labute approximate surface area is 225 Å². The van der Waals surface area contributed by atoms with Crippen LogP contribution in [0.3, 0.4) is 0 Å². The standard InChI is InChI=1S/C26H35BrClN3O5/c1-5-9-29-23(33)18-19-25(35)31(15(12-32)10-13(2)3)22(26(19)11-16(27)21(18)36-26)24(34)30-20-14(4)7-6-8-17(20)28/h6-8,13,15-16,18-19,21-22,32H,5,9-12H2,1-4H3,(H,29,33)(H,30,34)/t15-,16?,18+,19+,21+,22?,26?/m1/s1. The SMILES string of the molecule is CCCNC(=O)[C@H]1[C@H]2C(=O)N([C@@H](CO)CC(C)C)C(C(=O)Nc3c(C)cccc3Cl)C23CC(Br)[C@@H]1O3. The van der Waals surface area contributed by atoms with Crippen molar-refractivity contribution in [3.8, 4) is 0 Å². The number of halogens is 2. The molecule has 3 unspecified atom stereocenters. The number of aliphatic hydroxyl groups excluding tert-OH is 1. The molecule has 0 radical (unpaired) electrons. The van der Waals surface area contributed by atoms with Crippen LogP contribution in [-0.2, 0) is 19.1 Å². The Hall–Kier alpha value is -1.68. The van der Waals surface area contributed by atoms with Crippen LogP contribution in [0.5, 0.6) is 0 Å². The zero-order chi connectivity index (χ0) is 26.4. The van der Waals surface area contributed by atoms with Crippen molar-refractivity contribution in [1.82, 2.24) is 10.2 Å². The molecule has 3 saturated heterocycles. The van der Waals surface area contributed by atoms with Crippen LogP contribution in [0.25, 0.3) is 0 Å². The lowest BCUT2D eigenvalue weighted by Crippen LogP contribution is -2.57. The van der Waals surface area contributed by atoms with Crippen molar-refractivity contribution in [3.63, 3.8) is 0 Å². The van der Waals surface area contributed by atoms with Crippen LogP contribution < -0.4 is 10.6 Å². The van der Waals surface area contributed by atoms with Crippen LogP contribution in [0, 0.1) is 24.7 Å². The van der Waals surface area contributed by atoms with Gasteiger partial charge in [0.1, 0.15) is 11.6 Å². The number of likely N-dealkylation sites (tertiary alicyclic amines) is 1. The van der Waals surface area contributed by atoms with Gasteiger partial charge in [-0.2, -0.15) is 0 Å². The number of hydrogen-bond donors (Lipinski definition) is 3. The fourth-order valence-corrected chi connectivity index (χ4v) is 7.44. The molecule has 8 nitrogen and oxygen atoms in total. The van der Waals surface area contributed by atoms with Gasteiger partial charge in [0.2, 0.25) is 17.7 Å². The fourth-order valence-electron chi connectivity index (χ4n) is 6.23. The molecule has 1 spiro atoms. The number of fused-ring (bicyclic) bond motifs is 1. The Kier molecular flexibility index (Phi) is 8.05. The first-order valence-electron chi connectivity index (χ1n) is 12.7. The summed E-state index contributed by atoms with van der Waals surface area (Å²) in [7, 11) is 0. The average molecular weight is 585 g/mol. The Morgan fingerprint density at radius 1 is 1.33 bits per heavy atom. The van der Waals surface area contributed by atoms with Crippen LogP contribution in [0.15, 0.2) is 18.2 Å². The van der Waals surface area contributed by atoms with Crippen LogP contribution in [0.1, 0.15) is 45.6 Å². The first-order valence-corrected chi connectivity index (χ1v) is 13.9. The summed E-state index contributed by atoms with van der Waals surface area (Å²) in [5.41, 5.74) is 0.0721. The first-order chi connectivity index (χ1) is 17.1. The van der Waals surface area contributed by atoms with Gasteiger partial charge in [0.15, 0.2) is 0 Å². The molecule has 3 aliphatic rings. The van der Waals surface area contributed by atoms with Crippen LogP contribution in [0.4, 0.5) is 5.69 Å². The van der Waals surface area contributed by atoms with Gasteiger partial charge in [-0.15, -0.1) is 0 Å². The van der Waals surface area contributed by atoms with Gasteiger partial charge in [-0.1, -0.05) is 60.4 Å². The predicted octanol–water partition coefficient (Wildman–Crippen LogP) is 3.27. The Bertz CT molecular complexity index is 1020. The summed E-state index contributed by atoms with van der Waals surface area (Å²) in [5, 5.41) is 16.6. The third-order valence-electron chi connectivity index (χ3n) is 7.65. The molecular formula is C26H35BrClN3O5.